The van der Waals surface area contributed by atoms with E-state index in [9.17, 15) is 8.78 Å². The monoisotopic (exact) mass is 216 g/mol. The molecule has 1 saturated carbocycles. The van der Waals surface area contributed by atoms with Crippen LogP contribution in [0.1, 0.15) is 24.3 Å². The van der Waals surface area contributed by atoms with Crippen LogP contribution in [0.4, 0.5) is 8.78 Å². The van der Waals surface area contributed by atoms with Crippen LogP contribution in [-0.2, 0) is 0 Å². The smallest absolute Gasteiger partial charge is 0.130 e. The molecule has 76 valence electrons. The fourth-order valence-corrected chi connectivity index (χ4v) is 2.24. The van der Waals surface area contributed by atoms with Crippen molar-refractivity contribution in [3.8, 4) is 0 Å². The van der Waals surface area contributed by atoms with E-state index < -0.39 is 11.6 Å². The number of alkyl halides is 1. The highest BCUT2D eigenvalue weighted by Gasteiger charge is 2.40. The largest absolute Gasteiger partial charge is 0.207 e. The molecule has 2 rings (SSSR count). The lowest BCUT2D eigenvalue weighted by Gasteiger charge is -2.09. The lowest BCUT2D eigenvalue weighted by molar-refractivity contribution is 0.561. The van der Waals surface area contributed by atoms with Gasteiger partial charge in [-0.05, 0) is 24.3 Å². The Labute approximate surface area is 86.9 Å². The predicted molar refractivity (Wildman–Crippen MR) is 52.2 cm³/mol. The SMILES string of the molecule is CC1CC1C(Cl)c1ccc(F)cc1F. The van der Waals surface area contributed by atoms with Crippen molar-refractivity contribution in [3.63, 3.8) is 0 Å². The highest BCUT2D eigenvalue weighted by molar-refractivity contribution is 6.21. The van der Waals surface area contributed by atoms with Gasteiger partial charge >= 0.3 is 0 Å². The molecule has 0 bridgehead atoms. The summed E-state index contributed by atoms with van der Waals surface area (Å²) in [5.41, 5.74) is 0.419. The molecule has 0 nitrogen and oxygen atoms in total. The maximum atomic E-state index is 13.3. The molecule has 1 fully saturated rings. The van der Waals surface area contributed by atoms with Crippen molar-refractivity contribution in [2.24, 2.45) is 11.8 Å². The van der Waals surface area contributed by atoms with Crippen molar-refractivity contribution in [1.29, 1.82) is 0 Å². The van der Waals surface area contributed by atoms with E-state index in [1.165, 1.54) is 12.1 Å². The molecule has 0 radical (unpaired) electrons. The summed E-state index contributed by atoms with van der Waals surface area (Å²) in [5.74, 6) is -0.193. The fraction of sp³-hybridized carbons (Fsp3) is 0.455. The van der Waals surface area contributed by atoms with E-state index in [1.54, 1.807) is 0 Å². The van der Waals surface area contributed by atoms with Gasteiger partial charge in [0.2, 0.25) is 0 Å². The van der Waals surface area contributed by atoms with Crippen molar-refractivity contribution in [1.82, 2.24) is 0 Å². The first kappa shape index (κ1) is 9.91. The van der Waals surface area contributed by atoms with E-state index in [-0.39, 0.29) is 5.38 Å². The Morgan fingerprint density at radius 3 is 2.57 bits per heavy atom. The minimum absolute atomic E-state index is 0.314. The van der Waals surface area contributed by atoms with Crippen LogP contribution < -0.4 is 0 Å². The van der Waals surface area contributed by atoms with Gasteiger partial charge in [0.25, 0.3) is 0 Å². The van der Waals surface area contributed by atoms with Crippen LogP contribution in [0.5, 0.6) is 0 Å². The Bertz CT molecular complexity index is 351. The van der Waals surface area contributed by atoms with Gasteiger partial charge in [0.1, 0.15) is 11.6 Å². The maximum absolute atomic E-state index is 13.3. The van der Waals surface area contributed by atoms with Crippen LogP contribution in [0.3, 0.4) is 0 Å². The molecule has 1 aromatic carbocycles. The summed E-state index contributed by atoms with van der Waals surface area (Å²) in [7, 11) is 0. The van der Waals surface area contributed by atoms with E-state index in [2.05, 4.69) is 6.92 Å². The second-order valence-electron chi connectivity index (χ2n) is 3.94. The number of benzene rings is 1. The molecule has 14 heavy (non-hydrogen) atoms. The molecule has 0 spiro atoms. The van der Waals surface area contributed by atoms with Crippen LogP contribution in [0, 0.1) is 23.5 Å². The molecule has 0 saturated heterocycles. The quantitative estimate of drug-likeness (QED) is 0.658. The molecule has 0 N–H and O–H groups in total. The van der Waals surface area contributed by atoms with Gasteiger partial charge in [-0.2, -0.15) is 0 Å². The standard InChI is InChI=1S/C11H11ClF2/c1-6-4-9(6)11(12)8-3-2-7(13)5-10(8)14/h2-3,5-6,9,11H,4H2,1H3. The van der Waals surface area contributed by atoms with Gasteiger partial charge in [0.05, 0.1) is 5.38 Å². The zero-order chi connectivity index (χ0) is 10.3. The zero-order valence-corrected chi connectivity index (χ0v) is 8.56. The molecular formula is C11H11ClF2. The maximum Gasteiger partial charge on any atom is 0.130 e. The number of hydrogen-bond acceptors (Lipinski definition) is 0. The first-order valence-electron chi connectivity index (χ1n) is 4.68. The lowest BCUT2D eigenvalue weighted by atomic mass is 10.1. The van der Waals surface area contributed by atoms with Gasteiger partial charge in [0, 0.05) is 11.6 Å². The van der Waals surface area contributed by atoms with Crippen molar-refractivity contribution in [3.05, 3.63) is 35.4 Å². The Kier molecular flexibility index (Phi) is 2.48. The second-order valence-corrected chi connectivity index (χ2v) is 4.41. The van der Waals surface area contributed by atoms with Crippen molar-refractivity contribution in [2.75, 3.05) is 0 Å². The highest BCUT2D eigenvalue weighted by Crippen LogP contribution is 2.50. The highest BCUT2D eigenvalue weighted by atomic mass is 35.5. The van der Waals surface area contributed by atoms with Crippen LogP contribution >= 0.6 is 11.6 Å². The van der Waals surface area contributed by atoms with Crippen molar-refractivity contribution >= 4 is 11.6 Å². The average molecular weight is 217 g/mol. The molecule has 3 heteroatoms. The minimum atomic E-state index is -0.557. The molecule has 3 unspecified atom stereocenters. The summed E-state index contributed by atoms with van der Waals surface area (Å²) in [6.07, 6.45) is 1.03. The molecule has 3 atom stereocenters. The van der Waals surface area contributed by atoms with Gasteiger partial charge < -0.3 is 0 Å². The molecule has 1 aromatic rings. The van der Waals surface area contributed by atoms with Gasteiger partial charge in [-0.25, -0.2) is 8.78 Å². The minimum Gasteiger partial charge on any atom is -0.207 e. The van der Waals surface area contributed by atoms with Crippen molar-refractivity contribution in [2.45, 2.75) is 18.7 Å². The molecular weight excluding hydrogens is 206 g/mol. The van der Waals surface area contributed by atoms with Gasteiger partial charge in [-0.3, -0.25) is 0 Å². The molecule has 1 aliphatic rings. The summed E-state index contributed by atoms with van der Waals surface area (Å²) >= 11 is 6.09. The Balaban J connectivity index is 2.23. The number of halogens is 3. The Morgan fingerprint density at radius 2 is 2.07 bits per heavy atom. The van der Waals surface area contributed by atoms with E-state index >= 15 is 0 Å². The van der Waals surface area contributed by atoms with E-state index in [0.717, 1.165) is 12.5 Å². The predicted octanol–water partition coefficient (Wildman–Crippen LogP) is 3.90. The van der Waals surface area contributed by atoms with Gasteiger partial charge in [0.15, 0.2) is 0 Å². The second kappa shape index (κ2) is 3.50. The molecule has 0 aromatic heterocycles. The first-order chi connectivity index (χ1) is 6.59. The molecule has 1 aliphatic carbocycles. The van der Waals surface area contributed by atoms with Crippen LogP contribution in [0.2, 0.25) is 0 Å². The lowest BCUT2D eigenvalue weighted by Crippen LogP contribution is -1.98. The summed E-state index contributed by atoms with van der Waals surface area (Å²) in [4.78, 5) is 0. The third-order valence-electron chi connectivity index (χ3n) is 2.81. The van der Waals surface area contributed by atoms with Crippen LogP contribution in [0.25, 0.3) is 0 Å². The number of hydrogen-bond donors (Lipinski definition) is 0. The van der Waals surface area contributed by atoms with E-state index in [1.807, 2.05) is 0 Å². The van der Waals surface area contributed by atoms with E-state index in [0.29, 0.717) is 17.4 Å². The third-order valence-corrected chi connectivity index (χ3v) is 3.37. The summed E-state index contributed by atoms with van der Waals surface area (Å²) in [6.45, 7) is 2.08. The third kappa shape index (κ3) is 1.76. The topological polar surface area (TPSA) is 0 Å². The normalized spacial score (nSPS) is 27.4. The summed E-state index contributed by atoms with van der Waals surface area (Å²) in [5, 5.41) is -0.314. The first-order valence-corrected chi connectivity index (χ1v) is 5.12. The van der Waals surface area contributed by atoms with Gasteiger partial charge in [-0.15, -0.1) is 11.6 Å². The van der Waals surface area contributed by atoms with Crippen LogP contribution in [-0.4, -0.2) is 0 Å². The average Bonchev–Trinajstić information content (AvgIpc) is 2.81. The van der Waals surface area contributed by atoms with E-state index in [4.69, 9.17) is 11.6 Å². The van der Waals surface area contributed by atoms with Crippen LogP contribution in [0.15, 0.2) is 18.2 Å². The Morgan fingerprint density at radius 1 is 1.43 bits per heavy atom. The molecule has 0 heterocycles. The summed E-state index contributed by atoms with van der Waals surface area (Å²) < 4.78 is 25.9. The van der Waals surface area contributed by atoms with Gasteiger partial charge in [-0.1, -0.05) is 13.0 Å². The zero-order valence-electron chi connectivity index (χ0n) is 7.81. The Hall–Kier alpha value is -0.630. The number of rotatable bonds is 2. The fourth-order valence-electron chi connectivity index (χ4n) is 1.71. The molecule has 0 amide bonds. The van der Waals surface area contributed by atoms with Crippen molar-refractivity contribution < 1.29 is 8.78 Å². The molecule has 0 aliphatic heterocycles. The summed E-state index contributed by atoms with van der Waals surface area (Å²) in [6, 6.07) is 3.58.